The highest BCUT2D eigenvalue weighted by atomic mass is 16.5. The second-order valence-corrected chi connectivity index (χ2v) is 10.3. The van der Waals surface area contributed by atoms with Gasteiger partial charge in [0.25, 0.3) is 11.5 Å². The van der Waals surface area contributed by atoms with Crippen LogP contribution in [0.3, 0.4) is 0 Å². The maximum absolute atomic E-state index is 13.3. The highest BCUT2D eigenvalue weighted by Crippen LogP contribution is 2.55. The molecule has 2 saturated heterocycles. The summed E-state index contributed by atoms with van der Waals surface area (Å²) in [5.41, 5.74) is 1.48. The van der Waals surface area contributed by atoms with Gasteiger partial charge in [-0.1, -0.05) is 12.2 Å². The molecule has 176 valence electrons. The van der Waals surface area contributed by atoms with Crippen molar-refractivity contribution in [2.75, 3.05) is 11.9 Å². The number of carbonyl (C=O) groups is 1. The van der Waals surface area contributed by atoms with Gasteiger partial charge < -0.3 is 19.4 Å². The highest BCUT2D eigenvalue weighted by molar-refractivity contribution is 6.07. The van der Waals surface area contributed by atoms with Crippen LogP contribution < -0.4 is 15.6 Å². The Labute approximate surface area is 196 Å². The maximum atomic E-state index is 13.3. The minimum atomic E-state index is -0.458. The van der Waals surface area contributed by atoms with Crippen LogP contribution in [0.2, 0.25) is 0 Å². The molecule has 2 aliphatic carbocycles. The number of nitrogens with zero attached hydrogens (tertiary/aromatic N) is 4. The van der Waals surface area contributed by atoms with Crippen LogP contribution in [0.5, 0.6) is 5.88 Å². The van der Waals surface area contributed by atoms with E-state index in [9.17, 15) is 9.59 Å². The van der Waals surface area contributed by atoms with Gasteiger partial charge in [-0.25, -0.2) is 0 Å². The Bertz CT molecular complexity index is 1410. The summed E-state index contributed by atoms with van der Waals surface area (Å²) < 4.78 is 15.3. The normalized spacial score (nSPS) is 27.2. The third-order valence-electron chi connectivity index (χ3n) is 6.96. The first-order chi connectivity index (χ1) is 16.2. The third-order valence-corrected chi connectivity index (χ3v) is 6.96. The molecule has 1 unspecified atom stereocenters. The molecule has 5 heterocycles. The first kappa shape index (κ1) is 21.1. The van der Waals surface area contributed by atoms with Crippen molar-refractivity contribution in [1.29, 1.82) is 0 Å². The summed E-state index contributed by atoms with van der Waals surface area (Å²) in [4.78, 5) is 30.8. The molecule has 9 nitrogen and oxygen atoms in total. The molecule has 0 aromatic carbocycles. The van der Waals surface area contributed by atoms with Gasteiger partial charge in [-0.2, -0.15) is 10.1 Å². The summed E-state index contributed by atoms with van der Waals surface area (Å²) >= 11 is 0. The van der Waals surface area contributed by atoms with Crippen LogP contribution in [0.25, 0.3) is 11.0 Å². The molecule has 2 saturated carbocycles. The van der Waals surface area contributed by atoms with Gasteiger partial charge in [0.1, 0.15) is 11.3 Å². The monoisotopic (exact) mass is 461 g/mol. The van der Waals surface area contributed by atoms with Crippen molar-refractivity contribution in [3.05, 3.63) is 58.7 Å². The fraction of sp³-hybridized carbons (Fsp3) is 0.440. The van der Waals surface area contributed by atoms with Crippen LogP contribution in [-0.2, 0) is 10.3 Å². The molecule has 1 amide bonds. The van der Waals surface area contributed by atoms with E-state index in [1.807, 2.05) is 24.7 Å². The molecule has 34 heavy (non-hydrogen) atoms. The van der Waals surface area contributed by atoms with Crippen molar-refractivity contribution in [2.45, 2.75) is 63.3 Å². The van der Waals surface area contributed by atoms with Crippen molar-refractivity contribution in [1.82, 2.24) is 19.3 Å². The summed E-state index contributed by atoms with van der Waals surface area (Å²) in [6.45, 7) is 10.4. The van der Waals surface area contributed by atoms with E-state index in [0.29, 0.717) is 12.3 Å². The van der Waals surface area contributed by atoms with E-state index in [0.717, 1.165) is 30.2 Å². The van der Waals surface area contributed by atoms with E-state index in [-0.39, 0.29) is 46.0 Å². The fourth-order valence-corrected chi connectivity index (χ4v) is 5.27. The predicted octanol–water partition coefficient (Wildman–Crippen LogP) is 3.41. The van der Waals surface area contributed by atoms with Gasteiger partial charge in [-0.3, -0.25) is 14.3 Å². The van der Waals surface area contributed by atoms with E-state index in [4.69, 9.17) is 14.6 Å². The second-order valence-electron chi connectivity index (χ2n) is 10.3. The summed E-state index contributed by atoms with van der Waals surface area (Å²) in [5.74, 6) is -0.267. The number of anilines is 1. The standard InChI is InChI=1S/C25H27N5O4/c1-14(2)34-22-17(21(31)26-18-6-5-7-29(23(18)32)19-8-15(19)3)9-16-10-30(28-20(16)27-22)25-11-24(4,12-25)33-13-25/h5-7,9-10,14,19H,3,8,11-13H2,1-2,4H3,(H,26,31). The lowest BCUT2D eigenvalue weighted by Crippen LogP contribution is -2.49. The molecule has 4 aliphatic rings. The summed E-state index contributed by atoms with van der Waals surface area (Å²) in [5, 5.41) is 8.19. The number of nitrogens with one attached hydrogen (secondary N) is 1. The van der Waals surface area contributed by atoms with E-state index in [1.165, 1.54) is 0 Å². The zero-order valence-corrected chi connectivity index (χ0v) is 19.5. The van der Waals surface area contributed by atoms with Crippen LogP contribution >= 0.6 is 0 Å². The fourth-order valence-electron chi connectivity index (χ4n) is 5.27. The number of aromatic nitrogens is 4. The Kier molecular flexibility index (Phi) is 4.36. The van der Waals surface area contributed by atoms with E-state index < -0.39 is 5.91 Å². The number of hydrogen-bond acceptors (Lipinski definition) is 6. The van der Waals surface area contributed by atoms with Gasteiger partial charge >= 0.3 is 0 Å². The minimum Gasteiger partial charge on any atom is -0.474 e. The molecule has 1 N–H and O–H groups in total. The molecular weight excluding hydrogens is 434 g/mol. The molecule has 2 bridgehead atoms. The summed E-state index contributed by atoms with van der Waals surface area (Å²) in [6.07, 6.45) is 6.03. The largest absolute Gasteiger partial charge is 0.474 e. The number of rotatable bonds is 6. The van der Waals surface area contributed by atoms with Gasteiger partial charge in [0.15, 0.2) is 5.65 Å². The van der Waals surface area contributed by atoms with Crippen LogP contribution in [0.4, 0.5) is 5.69 Å². The predicted molar refractivity (Wildman–Crippen MR) is 126 cm³/mol. The van der Waals surface area contributed by atoms with E-state index in [2.05, 4.69) is 23.8 Å². The topological polar surface area (TPSA) is 100 Å². The van der Waals surface area contributed by atoms with Crippen LogP contribution in [0.15, 0.2) is 47.5 Å². The lowest BCUT2D eigenvalue weighted by atomic mass is 9.69. The number of amides is 1. The Hall–Kier alpha value is -3.46. The zero-order valence-electron chi connectivity index (χ0n) is 19.5. The first-order valence-electron chi connectivity index (χ1n) is 11.6. The SMILES string of the molecule is C=C1CC1n1cccc(NC(=O)c2cc3cn(C45COC(C)(C4)C5)nc3nc2OC(C)C)c1=O. The van der Waals surface area contributed by atoms with E-state index >= 15 is 0 Å². The third kappa shape index (κ3) is 3.26. The van der Waals surface area contributed by atoms with Crippen LogP contribution in [0.1, 0.15) is 56.4 Å². The lowest BCUT2D eigenvalue weighted by molar-refractivity contribution is 0.00381. The Morgan fingerprint density at radius 2 is 2.15 bits per heavy atom. The average molecular weight is 462 g/mol. The van der Waals surface area contributed by atoms with E-state index in [1.54, 1.807) is 29.0 Å². The molecule has 3 aromatic heterocycles. The van der Waals surface area contributed by atoms with Crippen molar-refractivity contribution >= 4 is 22.6 Å². The van der Waals surface area contributed by atoms with Gasteiger partial charge in [0.05, 0.1) is 29.9 Å². The molecule has 7 rings (SSSR count). The van der Waals surface area contributed by atoms with Gasteiger partial charge in [-0.05, 0) is 45.4 Å². The molecule has 9 heteroatoms. The van der Waals surface area contributed by atoms with Crippen molar-refractivity contribution in [3.63, 3.8) is 0 Å². The lowest BCUT2D eigenvalue weighted by Gasteiger charge is -2.42. The molecule has 3 aromatic rings. The first-order valence-corrected chi connectivity index (χ1v) is 11.6. The Balaban J connectivity index is 1.35. The molecule has 1 atom stereocenters. The van der Waals surface area contributed by atoms with Crippen LogP contribution in [-0.4, -0.2) is 43.6 Å². The average Bonchev–Trinajstić information content (AvgIpc) is 3.08. The van der Waals surface area contributed by atoms with Crippen LogP contribution in [0, 0.1) is 0 Å². The molecule has 0 radical (unpaired) electrons. The number of allylic oxidation sites excluding steroid dienone is 1. The van der Waals surface area contributed by atoms with Gasteiger partial charge in [0.2, 0.25) is 5.88 Å². The van der Waals surface area contributed by atoms with Gasteiger partial charge in [-0.15, -0.1) is 0 Å². The maximum Gasteiger partial charge on any atom is 0.274 e. The van der Waals surface area contributed by atoms with Crippen molar-refractivity contribution < 1.29 is 14.3 Å². The van der Waals surface area contributed by atoms with Gasteiger partial charge in [0, 0.05) is 30.6 Å². The van der Waals surface area contributed by atoms with Crippen molar-refractivity contribution in [2.24, 2.45) is 0 Å². The molecule has 4 fully saturated rings. The molecule has 0 spiro atoms. The second kappa shape index (κ2) is 7.02. The number of hydrogen-bond donors (Lipinski definition) is 1. The zero-order chi connectivity index (χ0) is 23.8. The number of ether oxygens (including phenoxy) is 2. The van der Waals surface area contributed by atoms with Crippen molar-refractivity contribution in [3.8, 4) is 5.88 Å². The highest BCUT2D eigenvalue weighted by Gasteiger charge is 2.61. The number of carbonyl (C=O) groups excluding carboxylic acids is 1. The number of fused-ring (bicyclic) bond motifs is 2. The summed E-state index contributed by atoms with van der Waals surface area (Å²) in [7, 11) is 0. The summed E-state index contributed by atoms with van der Waals surface area (Å²) in [6, 6.07) is 5.07. The molecular formula is C25H27N5O4. The smallest absolute Gasteiger partial charge is 0.274 e. The number of pyridine rings is 2. The Morgan fingerprint density at radius 1 is 1.38 bits per heavy atom. The Morgan fingerprint density at radius 3 is 2.79 bits per heavy atom. The quantitative estimate of drug-likeness (QED) is 0.565. The minimum absolute atomic E-state index is 0.000322. The molecule has 2 aliphatic heterocycles.